The van der Waals surface area contributed by atoms with Gasteiger partial charge in [-0.25, -0.2) is 0 Å². The van der Waals surface area contributed by atoms with Gasteiger partial charge in [-0.05, 0) is 33.8 Å². The largest absolute Gasteiger partial charge is 0.374 e. The maximum atomic E-state index is 12.4. The minimum Gasteiger partial charge on any atom is -0.374 e. The minimum atomic E-state index is -0.0284. The molecule has 3 rings (SSSR count). The fourth-order valence-electron chi connectivity index (χ4n) is 3.20. The summed E-state index contributed by atoms with van der Waals surface area (Å²) in [5, 5.41) is 14.4. The van der Waals surface area contributed by atoms with Crippen molar-refractivity contribution in [2.24, 2.45) is 0 Å². The summed E-state index contributed by atoms with van der Waals surface area (Å²) in [6.07, 6.45) is 0.0388. The van der Waals surface area contributed by atoms with Gasteiger partial charge >= 0.3 is 0 Å². The van der Waals surface area contributed by atoms with Crippen molar-refractivity contribution in [1.29, 1.82) is 0 Å². The van der Waals surface area contributed by atoms with Crippen molar-refractivity contribution in [3.05, 3.63) is 28.8 Å². The number of morpholine rings is 1. The Balaban J connectivity index is 1.54. The predicted molar refractivity (Wildman–Crippen MR) is 94.6 cm³/mol. The first kappa shape index (κ1) is 17.6. The molecule has 25 heavy (non-hydrogen) atoms. The van der Waals surface area contributed by atoms with Gasteiger partial charge in [0.1, 0.15) is 0 Å². The summed E-state index contributed by atoms with van der Waals surface area (Å²) in [5.41, 5.74) is 4.58. The molecular weight excluding hydrogens is 320 g/mol. The van der Waals surface area contributed by atoms with Crippen molar-refractivity contribution in [3.8, 4) is 0 Å². The molecule has 8 heteroatoms. The third-order valence-electron chi connectivity index (χ3n) is 4.46. The molecule has 1 saturated heterocycles. The lowest BCUT2D eigenvalue weighted by molar-refractivity contribution is -0.119. The zero-order chi connectivity index (χ0) is 18.0. The van der Waals surface area contributed by atoms with Gasteiger partial charge in [0.15, 0.2) is 0 Å². The number of nitrogens with zero attached hydrogens (tertiary/aromatic N) is 4. The molecule has 1 atom stereocenters. The topological polar surface area (TPSA) is 88.1 Å². The van der Waals surface area contributed by atoms with Crippen LogP contribution in [0, 0.1) is 27.7 Å². The van der Waals surface area contributed by atoms with Gasteiger partial charge in [-0.15, -0.1) is 0 Å². The molecule has 136 valence electrons. The molecule has 0 unspecified atom stereocenters. The van der Waals surface area contributed by atoms with Crippen LogP contribution in [0.25, 0.3) is 0 Å². The van der Waals surface area contributed by atoms with Crippen LogP contribution in [0.2, 0.25) is 0 Å². The third-order valence-corrected chi connectivity index (χ3v) is 4.46. The highest BCUT2D eigenvalue weighted by molar-refractivity contribution is 5.93. The van der Waals surface area contributed by atoms with Crippen LogP contribution in [-0.2, 0) is 16.1 Å². The quantitative estimate of drug-likeness (QED) is 0.849. The summed E-state index contributed by atoms with van der Waals surface area (Å²) >= 11 is 0. The Labute approximate surface area is 147 Å². The number of carbonyl (C=O) groups is 1. The van der Waals surface area contributed by atoms with Crippen LogP contribution in [0.5, 0.6) is 0 Å². The molecule has 0 bridgehead atoms. The fourth-order valence-corrected chi connectivity index (χ4v) is 3.20. The molecule has 3 heterocycles. The van der Waals surface area contributed by atoms with E-state index in [1.54, 1.807) is 0 Å². The molecule has 0 spiro atoms. The highest BCUT2D eigenvalue weighted by atomic mass is 16.5. The molecule has 1 amide bonds. The zero-order valence-electron chi connectivity index (χ0n) is 15.3. The maximum absolute atomic E-state index is 12.4. The molecule has 1 aliphatic heterocycles. The van der Waals surface area contributed by atoms with Gasteiger partial charge in [-0.1, -0.05) is 0 Å². The number of aryl methyl sites for hydroxylation is 4. The van der Waals surface area contributed by atoms with E-state index in [-0.39, 0.29) is 12.0 Å². The number of aromatic amines is 1. The number of H-pyrrole nitrogens is 1. The smallest absolute Gasteiger partial charge is 0.238 e. The lowest BCUT2D eigenvalue weighted by Gasteiger charge is -2.32. The van der Waals surface area contributed by atoms with Gasteiger partial charge < -0.3 is 10.1 Å². The number of ether oxygens (including phenoxy) is 1. The SMILES string of the molecule is Cc1cc(C)n(C[C@@H]2CN(CC(=O)Nc3c(C)n[nH]c3C)CCO2)n1. The first-order chi connectivity index (χ1) is 11.9. The fraction of sp³-hybridized carbons (Fsp3) is 0.588. The second kappa shape index (κ2) is 7.37. The van der Waals surface area contributed by atoms with E-state index in [1.807, 2.05) is 32.4 Å². The van der Waals surface area contributed by atoms with Gasteiger partial charge in [-0.3, -0.25) is 19.5 Å². The maximum Gasteiger partial charge on any atom is 0.238 e. The predicted octanol–water partition coefficient (Wildman–Crippen LogP) is 1.18. The van der Waals surface area contributed by atoms with Gasteiger partial charge in [-0.2, -0.15) is 10.2 Å². The number of carbonyl (C=O) groups excluding carboxylic acids is 1. The van der Waals surface area contributed by atoms with E-state index in [1.165, 1.54) is 0 Å². The van der Waals surface area contributed by atoms with E-state index in [0.717, 1.165) is 41.6 Å². The van der Waals surface area contributed by atoms with Crippen LogP contribution in [0.1, 0.15) is 22.8 Å². The number of aromatic nitrogens is 4. The number of nitrogens with one attached hydrogen (secondary N) is 2. The summed E-state index contributed by atoms with van der Waals surface area (Å²) in [7, 11) is 0. The molecule has 1 fully saturated rings. The van der Waals surface area contributed by atoms with Crippen LogP contribution in [0.15, 0.2) is 6.07 Å². The van der Waals surface area contributed by atoms with E-state index in [2.05, 4.69) is 31.6 Å². The Bertz CT molecular complexity index is 731. The van der Waals surface area contributed by atoms with E-state index in [0.29, 0.717) is 19.7 Å². The average molecular weight is 346 g/mol. The summed E-state index contributed by atoms with van der Waals surface area (Å²) in [5.74, 6) is -0.0284. The molecule has 2 N–H and O–H groups in total. The number of anilines is 1. The highest BCUT2D eigenvalue weighted by Crippen LogP contribution is 2.16. The third kappa shape index (κ3) is 4.26. The standard InChI is InChI=1S/C17H26N6O2/c1-11-7-12(2)23(21-11)9-15-8-22(5-6-25-15)10-16(24)18-17-13(3)19-20-14(17)4/h7,15H,5-6,8-10H2,1-4H3,(H,18,24)(H,19,20)/t15-/m0/s1. The van der Waals surface area contributed by atoms with Crippen LogP contribution in [-0.4, -0.2) is 63.1 Å². The summed E-state index contributed by atoms with van der Waals surface area (Å²) in [6.45, 7) is 11.0. The van der Waals surface area contributed by atoms with E-state index < -0.39 is 0 Å². The lowest BCUT2D eigenvalue weighted by Crippen LogP contribution is -2.47. The first-order valence-electron chi connectivity index (χ1n) is 8.59. The van der Waals surface area contributed by atoms with Gasteiger partial charge in [0.25, 0.3) is 0 Å². The van der Waals surface area contributed by atoms with Crippen LogP contribution < -0.4 is 5.32 Å². The Morgan fingerprint density at radius 1 is 1.40 bits per heavy atom. The molecule has 8 nitrogen and oxygen atoms in total. The first-order valence-corrected chi connectivity index (χ1v) is 8.59. The van der Waals surface area contributed by atoms with E-state index >= 15 is 0 Å². The van der Waals surface area contributed by atoms with Crippen LogP contribution >= 0.6 is 0 Å². The molecule has 0 saturated carbocycles. The molecule has 0 radical (unpaired) electrons. The number of rotatable bonds is 5. The molecule has 0 aromatic carbocycles. The minimum absolute atomic E-state index is 0.0284. The van der Waals surface area contributed by atoms with Crippen molar-refractivity contribution in [3.63, 3.8) is 0 Å². The van der Waals surface area contributed by atoms with Crippen LogP contribution in [0.4, 0.5) is 5.69 Å². The monoisotopic (exact) mass is 346 g/mol. The summed E-state index contributed by atoms with van der Waals surface area (Å²) in [6, 6.07) is 2.06. The molecule has 0 aliphatic carbocycles. The second-order valence-corrected chi connectivity index (χ2v) is 6.69. The van der Waals surface area contributed by atoms with Crippen molar-refractivity contribution in [1.82, 2.24) is 24.9 Å². The Kier molecular flexibility index (Phi) is 5.19. The van der Waals surface area contributed by atoms with Gasteiger partial charge in [0.05, 0.1) is 48.6 Å². The Morgan fingerprint density at radius 3 is 2.84 bits per heavy atom. The van der Waals surface area contributed by atoms with Gasteiger partial charge in [0, 0.05) is 18.8 Å². The van der Waals surface area contributed by atoms with Crippen molar-refractivity contribution >= 4 is 11.6 Å². The zero-order valence-corrected chi connectivity index (χ0v) is 15.3. The number of hydrogen-bond donors (Lipinski definition) is 2. The highest BCUT2D eigenvalue weighted by Gasteiger charge is 2.23. The Morgan fingerprint density at radius 2 is 2.20 bits per heavy atom. The molecular formula is C17H26N6O2. The molecule has 2 aromatic heterocycles. The normalized spacial score (nSPS) is 18.5. The number of amides is 1. The van der Waals surface area contributed by atoms with E-state index in [9.17, 15) is 4.79 Å². The molecule has 2 aromatic rings. The van der Waals surface area contributed by atoms with Gasteiger partial charge in [0.2, 0.25) is 5.91 Å². The van der Waals surface area contributed by atoms with E-state index in [4.69, 9.17) is 4.74 Å². The summed E-state index contributed by atoms with van der Waals surface area (Å²) in [4.78, 5) is 14.5. The van der Waals surface area contributed by atoms with Crippen molar-refractivity contribution < 1.29 is 9.53 Å². The molecule has 1 aliphatic rings. The second-order valence-electron chi connectivity index (χ2n) is 6.69. The Hall–Kier alpha value is -2.19. The number of hydrogen-bond acceptors (Lipinski definition) is 5. The van der Waals surface area contributed by atoms with Crippen molar-refractivity contribution in [2.75, 3.05) is 31.6 Å². The van der Waals surface area contributed by atoms with Crippen molar-refractivity contribution in [2.45, 2.75) is 40.3 Å². The van der Waals surface area contributed by atoms with Crippen LogP contribution in [0.3, 0.4) is 0 Å². The average Bonchev–Trinajstić information content (AvgIpc) is 3.03. The summed E-state index contributed by atoms with van der Waals surface area (Å²) < 4.78 is 7.83. The lowest BCUT2D eigenvalue weighted by atomic mass is 10.2.